The Bertz CT molecular complexity index is 423. The quantitative estimate of drug-likeness (QED) is 0.846. The zero-order valence-corrected chi connectivity index (χ0v) is 12.0. The van der Waals surface area contributed by atoms with Crippen LogP contribution in [0, 0.1) is 0 Å². The minimum atomic E-state index is -0.388. The predicted molar refractivity (Wildman–Crippen MR) is 76.1 cm³/mol. The summed E-state index contributed by atoms with van der Waals surface area (Å²) in [6.45, 7) is 6.37. The van der Waals surface area contributed by atoms with Crippen LogP contribution in [0.2, 0.25) is 0 Å². The van der Waals surface area contributed by atoms with Gasteiger partial charge in [0.25, 0.3) is 0 Å². The summed E-state index contributed by atoms with van der Waals surface area (Å²) in [6, 6.07) is 9.00. The molecule has 0 radical (unpaired) electrons. The fraction of sp³-hybridized carbons (Fsp3) is 0.562. The fourth-order valence-electron chi connectivity index (χ4n) is 2.47. The number of carbonyl (C=O) groups excluding carboxylic acids is 1. The topological polar surface area (TPSA) is 38.3 Å². The van der Waals surface area contributed by atoms with Gasteiger partial charge in [0.15, 0.2) is 0 Å². The summed E-state index contributed by atoms with van der Waals surface area (Å²) in [5.41, 5.74) is 2.47. The van der Waals surface area contributed by atoms with Crippen molar-refractivity contribution < 1.29 is 9.53 Å². The summed E-state index contributed by atoms with van der Waals surface area (Å²) in [4.78, 5) is 11.6. The molecular weight excluding hydrogens is 238 g/mol. The van der Waals surface area contributed by atoms with Gasteiger partial charge in [0.2, 0.25) is 0 Å². The molecule has 104 valence electrons. The van der Waals surface area contributed by atoms with Gasteiger partial charge in [-0.15, -0.1) is 0 Å². The lowest BCUT2D eigenvalue weighted by Crippen LogP contribution is -2.33. The van der Waals surface area contributed by atoms with E-state index in [9.17, 15) is 4.79 Å². The summed E-state index contributed by atoms with van der Waals surface area (Å²) in [5, 5.41) is 3.44. The first kappa shape index (κ1) is 14.1. The second-order valence-electron chi connectivity index (χ2n) is 6.16. The number of hydrogen-bond acceptors (Lipinski definition) is 3. The van der Waals surface area contributed by atoms with E-state index in [0.29, 0.717) is 19.0 Å². The van der Waals surface area contributed by atoms with Gasteiger partial charge >= 0.3 is 5.97 Å². The third-order valence-electron chi connectivity index (χ3n) is 3.23. The van der Waals surface area contributed by atoms with Gasteiger partial charge in [0, 0.05) is 12.6 Å². The molecule has 1 aromatic rings. The molecule has 19 heavy (non-hydrogen) atoms. The zero-order chi connectivity index (χ0) is 13.9. The van der Waals surface area contributed by atoms with Crippen LogP contribution in [0.25, 0.3) is 0 Å². The maximum atomic E-state index is 11.6. The van der Waals surface area contributed by atoms with Gasteiger partial charge in [-0.1, -0.05) is 24.3 Å². The minimum Gasteiger partial charge on any atom is -0.460 e. The van der Waals surface area contributed by atoms with Gasteiger partial charge in [-0.05, 0) is 44.7 Å². The molecule has 0 amide bonds. The predicted octanol–water partition coefficient (Wildman–Crippen LogP) is 2.48. The highest BCUT2D eigenvalue weighted by molar-refractivity contribution is 5.70. The Morgan fingerprint density at radius 1 is 1.26 bits per heavy atom. The van der Waals surface area contributed by atoms with E-state index in [0.717, 1.165) is 12.8 Å². The molecule has 0 heterocycles. The SMILES string of the molecule is CC(C)(C)OC(=O)CCNC1Cc2ccccc2C1. The lowest BCUT2D eigenvalue weighted by atomic mass is 10.1. The van der Waals surface area contributed by atoms with Crippen molar-refractivity contribution in [1.29, 1.82) is 0 Å². The largest absolute Gasteiger partial charge is 0.460 e. The Balaban J connectivity index is 1.70. The Hall–Kier alpha value is -1.35. The third-order valence-corrected chi connectivity index (χ3v) is 3.23. The van der Waals surface area contributed by atoms with Crippen molar-refractivity contribution in [3.63, 3.8) is 0 Å². The van der Waals surface area contributed by atoms with Crippen molar-refractivity contribution in [2.75, 3.05) is 6.54 Å². The van der Waals surface area contributed by atoms with E-state index >= 15 is 0 Å². The van der Waals surface area contributed by atoms with Crippen molar-refractivity contribution in [1.82, 2.24) is 5.32 Å². The molecule has 0 atom stereocenters. The lowest BCUT2D eigenvalue weighted by Gasteiger charge is -2.20. The second kappa shape index (κ2) is 5.74. The van der Waals surface area contributed by atoms with E-state index in [1.807, 2.05) is 20.8 Å². The number of hydrogen-bond donors (Lipinski definition) is 1. The summed E-state index contributed by atoms with van der Waals surface area (Å²) in [6.07, 6.45) is 2.55. The molecule has 0 aliphatic heterocycles. The fourth-order valence-corrected chi connectivity index (χ4v) is 2.47. The van der Waals surface area contributed by atoms with E-state index in [1.54, 1.807) is 0 Å². The first-order chi connectivity index (χ1) is 8.94. The highest BCUT2D eigenvalue weighted by Gasteiger charge is 2.21. The smallest absolute Gasteiger partial charge is 0.307 e. The molecule has 1 aromatic carbocycles. The van der Waals surface area contributed by atoms with Crippen LogP contribution in [-0.2, 0) is 22.4 Å². The van der Waals surface area contributed by atoms with Crippen LogP contribution in [0.15, 0.2) is 24.3 Å². The summed E-state index contributed by atoms with van der Waals surface area (Å²) in [5.74, 6) is -0.129. The second-order valence-corrected chi connectivity index (χ2v) is 6.16. The van der Waals surface area contributed by atoms with Crippen molar-refractivity contribution in [2.24, 2.45) is 0 Å². The number of benzene rings is 1. The highest BCUT2D eigenvalue weighted by Crippen LogP contribution is 2.21. The Labute approximate surface area is 115 Å². The molecule has 1 N–H and O–H groups in total. The number of fused-ring (bicyclic) bond motifs is 1. The third kappa shape index (κ3) is 4.35. The normalized spacial score (nSPS) is 15.3. The average Bonchev–Trinajstić information content (AvgIpc) is 2.68. The summed E-state index contributed by atoms with van der Waals surface area (Å²) in [7, 11) is 0. The lowest BCUT2D eigenvalue weighted by molar-refractivity contribution is -0.154. The molecule has 2 rings (SSSR count). The summed E-state index contributed by atoms with van der Waals surface area (Å²) < 4.78 is 5.29. The van der Waals surface area contributed by atoms with E-state index < -0.39 is 0 Å². The van der Waals surface area contributed by atoms with Gasteiger partial charge in [-0.25, -0.2) is 0 Å². The molecule has 0 saturated carbocycles. The molecule has 3 heteroatoms. The number of nitrogens with one attached hydrogen (secondary N) is 1. The van der Waals surface area contributed by atoms with Gasteiger partial charge in [0.05, 0.1) is 6.42 Å². The molecule has 0 spiro atoms. The zero-order valence-electron chi connectivity index (χ0n) is 12.0. The first-order valence-corrected chi connectivity index (χ1v) is 6.96. The molecule has 0 unspecified atom stereocenters. The van der Waals surface area contributed by atoms with Crippen LogP contribution in [0.5, 0.6) is 0 Å². The van der Waals surface area contributed by atoms with E-state index in [1.165, 1.54) is 11.1 Å². The van der Waals surface area contributed by atoms with Crippen molar-refractivity contribution in [2.45, 2.75) is 51.7 Å². The molecule has 3 nitrogen and oxygen atoms in total. The number of ether oxygens (including phenoxy) is 1. The van der Waals surface area contributed by atoms with Gasteiger partial charge in [0.1, 0.15) is 5.60 Å². The van der Waals surface area contributed by atoms with Crippen LogP contribution >= 0.6 is 0 Å². The Morgan fingerprint density at radius 3 is 2.37 bits per heavy atom. The number of carbonyl (C=O) groups is 1. The van der Waals surface area contributed by atoms with Gasteiger partial charge in [-0.3, -0.25) is 4.79 Å². The van der Waals surface area contributed by atoms with Crippen molar-refractivity contribution in [3.05, 3.63) is 35.4 Å². The van der Waals surface area contributed by atoms with Crippen LogP contribution in [0.1, 0.15) is 38.3 Å². The molecule has 0 fully saturated rings. The maximum absolute atomic E-state index is 11.6. The average molecular weight is 261 g/mol. The minimum absolute atomic E-state index is 0.129. The van der Waals surface area contributed by atoms with Crippen molar-refractivity contribution in [3.8, 4) is 0 Å². The first-order valence-electron chi connectivity index (χ1n) is 6.96. The monoisotopic (exact) mass is 261 g/mol. The van der Waals surface area contributed by atoms with Crippen LogP contribution in [-0.4, -0.2) is 24.2 Å². The molecule has 0 saturated heterocycles. The number of esters is 1. The Morgan fingerprint density at radius 2 is 1.84 bits per heavy atom. The van der Waals surface area contributed by atoms with E-state index in [4.69, 9.17) is 4.74 Å². The van der Waals surface area contributed by atoms with Gasteiger partial charge < -0.3 is 10.1 Å². The highest BCUT2D eigenvalue weighted by atomic mass is 16.6. The van der Waals surface area contributed by atoms with Crippen LogP contribution in [0.3, 0.4) is 0 Å². The van der Waals surface area contributed by atoms with Crippen LogP contribution in [0.4, 0.5) is 0 Å². The number of rotatable bonds is 4. The van der Waals surface area contributed by atoms with E-state index in [-0.39, 0.29) is 11.6 Å². The van der Waals surface area contributed by atoms with Gasteiger partial charge in [-0.2, -0.15) is 0 Å². The maximum Gasteiger partial charge on any atom is 0.307 e. The van der Waals surface area contributed by atoms with Crippen LogP contribution < -0.4 is 5.32 Å². The summed E-state index contributed by atoms with van der Waals surface area (Å²) >= 11 is 0. The molecule has 0 bridgehead atoms. The molecule has 1 aliphatic carbocycles. The standard InChI is InChI=1S/C16H23NO2/c1-16(2,3)19-15(18)8-9-17-14-10-12-6-4-5-7-13(12)11-14/h4-7,14,17H,8-11H2,1-3H3. The van der Waals surface area contributed by atoms with E-state index in [2.05, 4.69) is 29.6 Å². The molecular formula is C16H23NO2. The molecule has 1 aliphatic rings. The Kier molecular flexibility index (Phi) is 4.25. The van der Waals surface area contributed by atoms with Crippen molar-refractivity contribution >= 4 is 5.97 Å². The molecule has 0 aromatic heterocycles.